The number of amides is 1. The van der Waals surface area contributed by atoms with Gasteiger partial charge in [0, 0.05) is 36.5 Å². The van der Waals surface area contributed by atoms with Gasteiger partial charge in [-0.2, -0.15) is 26.3 Å². The van der Waals surface area contributed by atoms with E-state index in [1.807, 2.05) is 18.2 Å². The second-order valence-corrected chi connectivity index (χ2v) is 7.92. The molecule has 1 aliphatic rings. The quantitative estimate of drug-likeness (QED) is 0.443. The van der Waals surface area contributed by atoms with Crippen molar-refractivity contribution in [1.29, 1.82) is 0 Å². The molecule has 0 unspecified atom stereocenters. The van der Waals surface area contributed by atoms with Gasteiger partial charge in [0.2, 0.25) is 0 Å². The van der Waals surface area contributed by atoms with E-state index in [9.17, 15) is 31.1 Å². The Hall–Kier alpha value is -3.24. The Bertz CT molecular complexity index is 1020. The van der Waals surface area contributed by atoms with Crippen LogP contribution in [-0.4, -0.2) is 63.9 Å². The van der Waals surface area contributed by atoms with Gasteiger partial charge in [-0.25, -0.2) is 14.6 Å². The number of carboxylic acid groups (broad SMARTS) is 2. The van der Waals surface area contributed by atoms with Crippen LogP contribution in [0.4, 0.5) is 31.5 Å². The van der Waals surface area contributed by atoms with Crippen molar-refractivity contribution >= 4 is 34.3 Å². The Kier molecular flexibility index (Phi) is 10.6. The molecule has 0 spiro atoms. The van der Waals surface area contributed by atoms with Crippen LogP contribution in [0.5, 0.6) is 0 Å². The number of nitrogens with zero attached hydrogens (tertiary/aromatic N) is 2. The van der Waals surface area contributed by atoms with Crippen LogP contribution in [0.1, 0.15) is 26.5 Å². The Morgan fingerprint density at radius 1 is 1.11 bits per heavy atom. The minimum Gasteiger partial charge on any atom is -0.475 e. The van der Waals surface area contributed by atoms with Crippen LogP contribution in [0.3, 0.4) is 0 Å². The lowest BCUT2D eigenvalue weighted by atomic mass is 10.1. The summed E-state index contributed by atoms with van der Waals surface area (Å²) in [7, 11) is 2.10. The number of thiazole rings is 1. The number of likely N-dealkylation sites (N-methyl/N-ethyl adjacent to an activating group) is 1. The molecule has 1 aliphatic heterocycles. The van der Waals surface area contributed by atoms with Gasteiger partial charge < -0.3 is 20.8 Å². The van der Waals surface area contributed by atoms with Crippen molar-refractivity contribution < 1.29 is 50.9 Å². The number of halogens is 6. The van der Waals surface area contributed by atoms with E-state index in [0.717, 1.165) is 30.8 Å². The van der Waals surface area contributed by atoms with Gasteiger partial charge in [-0.15, -0.1) is 11.3 Å². The predicted octanol–water partition coefficient (Wildman–Crippen LogP) is 3.11. The summed E-state index contributed by atoms with van der Waals surface area (Å²) in [6, 6.07) is 7.36. The molecule has 194 valence electrons. The summed E-state index contributed by atoms with van der Waals surface area (Å²) in [5.74, 6) is -5.65. The topological polar surface area (TPSA) is 146 Å². The molecule has 0 radical (unpaired) electrons. The smallest absolute Gasteiger partial charge is 0.475 e. The first kappa shape index (κ1) is 29.8. The number of aromatic nitrogens is 1. The van der Waals surface area contributed by atoms with Crippen molar-refractivity contribution in [3.05, 3.63) is 46.0 Å². The van der Waals surface area contributed by atoms with Crippen LogP contribution in [0.2, 0.25) is 0 Å². The molecule has 2 aromatic rings. The van der Waals surface area contributed by atoms with E-state index in [1.165, 1.54) is 4.88 Å². The number of benzene rings is 1. The van der Waals surface area contributed by atoms with Crippen molar-refractivity contribution in [2.24, 2.45) is 5.73 Å². The van der Waals surface area contributed by atoms with Crippen molar-refractivity contribution in [1.82, 2.24) is 9.88 Å². The number of anilines is 1. The van der Waals surface area contributed by atoms with Gasteiger partial charge in [0.15, 0.2) is 5.13 Å². The fourth-order valence-corrected chi connectivity index (χ4v) is 3.47. The predicted molar refractivity (Wildman–Crippen MR) is 112 cm³/mol. The molecule has 1 amide bonds. The third kappa shape index (κ3) is 10.3. The van der Waals surface area contributed by atoms with Gasteiger partial charge in [0.25, 0.3) is 5.91 Å². The van der Waals surface area contributed by atoms with Gasteiger partial charge in [-0.1, -0.05) is 12.1 Å². The van der Waals surface area contributed by atoms with Crippen LogP contribution >= 0.6 is 11.3 Å². The number of carbonyl (C=O) groups excluding carboxylic acids is 1. The van der Waals surface area contributed by atoms with Crippen molar-refractivity contribution in [2.75, 3.05) is 18.9 Å². The van der Waals surface area contributed by atoms with Crippen molar-refractivity contribution in [3.8, 4) is 0 Å². The summed E-state index contributed by atoms with van der Waals surface area (Å²) < 4.78 is 63.5. The lowest BCUT2D eigenvalue weighted by Gasteiger charge is -2.20. The van der Waals surface area contributed by atoms with E-state index >= 15 is 0 Å². The zero-order valence-electron chi connectivity index (χ0n) is 17.9. The molecule has 1 aromatic carbocycles. The molecule has 0 bridgehead atoms. The second kappa shape index (κ2) is 12.5. The molecular formula is C19H20F6N4O5S. The Labute approximate surface area is 198 Å². The molecule has 9 nitrogen and oxygen atoms in total. The van der Waals surface area contributed by atoms with Gasteiger partial charge in [-0.05, 0) is 24.7 Å². The normalized spacial score (nSPS) is 13.4. The number of hydrogen-bond acceptors (Lipinski definition) is 7. The van der Waals surface area contributed by atoms with E-state index in [1.54, 1.807) is 17.4 Å². The van der Waals surface area contributed by atoms with Crippen LogP contribution in [0, 0.1) is 0 Å². The molecule has 1 aromatic heterocycles. The summed E-state index contributed by atoms with van der Waals surface area (Å²) >= 11 is 1.56. The summed E-state index contributed by atoms with van der Waals surface area (Å²) in [5.41, 5.74) is 8.28. The van der Waals surface area contributed by atoms with Crippen LogP contribution in [0.15, 0.2) is 24.3 Å². The first-order valence-corrected chi connectivity index (χ1v) is 10.2. The number of nitrogens with two attached hydrogens (primary N) is 1. The van der Waals surface area contributed by atoms with Crippen LogP contribution < -0.4 is 11.1 Å². The van der Waals surface area contributed by atoms with Gasteiger partial charge in [0.1, 0.15) is 0 Å². The molecule has 0 fully saturated rings. The Morgan fingerprint density at radius 2 is 1.66 bits per heavy atom. The summed E-state index contributed by atoms with van der Waals surface area (Å²) in [6.45, 7) is 2.35. The molecule has 3 rings (SSSR count). The number of alkyl halides is 6. The largest absolute Gasteiger partial charge is 0.490 e. The number of rotatable bonds is 3. The second-order valence-electron chi connectivity index (χ2n) is 6.84. The fourth-order valence-electron chi connectivity index (χ4n) is 2.39. The first-order valence-electron chi connectivity index (χ1n) is 9.42. The maximum Gasteiger partial charge on any atom is 0.490 e. The average Bonchev–Trinajstić information content (AvgIpc) is 3.14. The number of nitrogens with one attached hydrogen (secondary N) is 1. The molecule has 16 heteroatoms. The molecular weight excluding hydrogens is 510 g/mol. The van der Waals surface area contributed by atoms with E-state index in [4.69, 9.17) is 25.5 Å². The highest BCUT2D eigenvalue weighted by Gasteiger charge is 2.38. The number of carbonyl (C=O) groups is 3. The zero-order valence-corrected chi connectivity index (χ0v) is 18.7. The van der Waals surface area contributed by atoms with E-state index in [0.29, 0.717) is 17.2 Å². The molecule has 0 saturated heterocycles. The summed E-state index contributed by atoms with van der Waals surface area (Å²) in [6.07, 6.45) is -9.22. The number of hydrogen-bond donors (Lipinski definition) is 4. The van der Waals surface area contributed by atoms with E-state index < -0.39 is 24.3 Å². The molecule has 35 heavy (non-hydrogen) atoms. The fraction of sp³-hybridized carbons (Fsp3) is 0.368. The Balaban J connectivity index is 0.000000362. The Morgan fingerprint density at radius 3 is 2.14 bits per heavy atom. The minimum absolute atomic E-state index is 0.134. The highest BCUT2D eigenvalue weighted by Crippen LogP contribution is 2.28. The monoisotopic (exact) mass is 530 g/mol. The first-order chi connectivity index (χ1) is 16.0. The van der Waals surface area contributed by atoms with Crippen LogP contribution in [-0.2, 0) is 29.1 Å². The molecule has 5 N–H and O–H groups in total. The van der Waals surface area contributed by atoms with Gasteiger partial charge >= 0.3 is 24.3 Å². The summed E-state index contributed by atoms with van der Waals surface area (Å²) in [5, 5.41) is 17.8. The highest BCUT2D eigenvalue weighted by molar-refractivity contribution is 7.15. The third-order valence-corrected chi connectivity index (χ3v) is 5.05. The standard InChI is InChI=1S/C15H18N4OS.2C2HF3O2/c1-19-6-5-12-13(9-19)21-15(17-12)18-14(20)11-4-2-3-10(7-11)8-16;2*3-2(4,5)1(6)7/h2-4,7H,5-6,8-9,16H2,1H3,(H,17,18,20);2*(H,6,7). The van der Waals surface area contributed by atoms with Crippen molar-refractivity contribution in [3.63, 3.8) is 0 Å². The number of carboxylic acids is 2. The molecule has 2 heterocycles. The molecule has 0 atom stereocenters. The lowest BCUT2D eigenvalue weighted by molar-refractivity contribution is -0.193. The third-order valence-electron chi connectivity index (χ3n) is 4.05. The van der Waals surface area contributed by atoms with E-state index in [-0.39, 0.29) is 5.91 Å². The SMILES string of the molecule is CN1CCc2nc(NC(=O)c3cccc(CN)c3)sc2C1.O=C(O)C(F)(F)F.O=C(O)C(F)(F)F. The molecule has 0 saturated carbocycles. The van der Waals surface area contributed by atoms with Crippen LogP contribution in [0.25, 0.3) is 0 Å². The number of aliphatic carboxylic acids is 2. The highest BCUT2D eigenvalue weighted by atomic mass is 32.1. The average molecular weight is 530 g/mol. The number of fused-ring (bicyclic) bond motifs is 1. The zero-order chi connectivity index (χ0) is 27.0. The summed E-state index contributed by atoms with van der Waals surface area (Å²) in [4.78, 5) is 38.1. The van der Waals surface area contributed by atoms with E-state index in [2.05, 4.69) is 22.2 Å². The molecule has 0 aliphatic carbocycles. The van der Waals surface area contributed by atoms with Gasteiger partial charge in [0.05, 0.1) is 5.69 Å². The van der Waals surface area contributed by atoms with Gasteiger partial charge in [-0.3, -0.25) is 10.1 Å². The maximum absolute atomic E-state index is 12.3. The van der Waals surface area contributed by atoms with Crippen molar-refractivity contribution in [2.45, 2.75) is 31.9 Å². The lowest BCUT2D eigenvalue weighted by Crippen LogP contribution is -2.25. The minimum atomic E-state index is -5.08. The maximum atomic E-state index is 12.3.